The second kappa shape index (κ2) is 7.47. The minimum absolute atomic E-state index is 0.186. The Kier molecular flexibility index (Phi) is 5.14. The number of halogens is 2. The van der Waals surface area contributed by atoms with Crippen LogP contribution in [0, 0.1) is 0 Å². The minimum atomic E-state index is -0.186. The quantitative estimate of drug-likeness (QED) is 0.677. The van der Waals surface area contributed by atoms with E-state index in [1.165, 1.54) is 6.08 Å². The second-order valence-electron chi connectivity index (χ2n) is 5.26. The predicted molar refractivity (Wildman–Crippen MR) is 99.1 cm³/mol. The first-order chi connectivity index (χ1) is 11.6. The van der Waals surface area contributed by atoms with Crippen LogP contribution in [0.25, 0.3) is 17.0 Å². The number of carbonyl (C=O) groups excluding carboxylic acids is 1. The lowest BCUT2D eigenvalue weighted by atomic mass is 10.1. The van der Waals surface area contributed by atoms with Crippen molar-refractivity contribution < 1.29 is 4.79 Å². The number of benzene rings is 2. The van der Waals surface area contributed by atoms with Crippen molar-refractivity contribution >= 4 is 46.1 Å². The fourth-order valence-electron chi connectivity index (χ4n) is 2.25. The van der Waals surface area contributed by atoms with Gasteiger partial charge in [-0.05, 0) is 41.5 Å². The molecule has 0 bridgehead atoms. The van der Waals surface area contributed by atoms with Gasteiger partial charge in [0, 0.05) is 24.2 Å². The molecule has 120 valence electrons. The standard InChI is InChI=1S/C19H14Cl2N2O/c20-16-7-5-14(10-17(16)21)12-23-19(24)8-6-13-9-15-3-1-2-4-18(15)22-11-13/h1-11H,12H2,(H,23,24)/b8-6+. The van der Waals surface area contributed by atoms with E-state index in [-0.39, 0.29) is 5.91 Å². The summed E-state index contributed by atoms with van der Waals surface area (Å²) in [7, 11) is 0. The van der Waals surface area contributed by atoms with Crippen LogP contribution in [-0.2, 0) is 11.3 Å². The summed E-state index contributed by atoms with van der Waals surface area (Å²) in [5.41, 5.74) is 2.69. The molecule has 0 saturated carbocycles. The highest BCUT2D eigenvalue weighted by molar-refractivity contribution is 6.42. The van der Waals surface area contributed by atoms with E-state index in [0.717, 1.165) is 22.0 Å². The molecule has 24 heavy (non-hydrogen) atoms. The van der Waals surface area contributed by atoms with E-state index in [0.29, 0.717) is 16.6 Å². The molecule has 0 saturated heterocycles. The van der Waals surface area contributed by atoms with Crippen LogP contribution in [0.3, 0.4) is 0 Å². The molecule has 2 aromatic carbocycles. The average Bonchev–Trinajstić information content (AvgIpc) is 2.60. The molecule has 1 aromatic heterocycles. The van der Waals surface area contributed by atoms with Gasteiger partial charge in [0.1, 0.15) is 0 Å². The van der Waals surface area contributed by atoms with Gasteiger partial charge in [-0.15, -0.1) is 0 Å². The van der Waals surface area contributed by atoms with E-state index >= 15 is 0 Å². The van der Waals surface area contributed by atoms with Crippen LogP contribution in [0.5, 0.6) is 0 Å². The lowest BCUT2D eigenvalue weighted by molar-refractivity contribution is -0.116. The molecule has 3 nitrogen and oxygen atoms in total. The van der Waals surface area contributed by atoms with Gasteiger partial charge in [-0.3, -0.25) is 9.78 Å². The first kappa shape index (κ1) is 16.5. The Bertz CT molecular complexity index is 922. The van der Waals surface area contributed by atoms with Gasteiger partial charge in [0.25, 0.3) is 0 Å². The Labute approximate surface area is 149 Å². The monoisotopic (exact) mass is 356 g/mol. The summed E-state index contributed by atoms with van der Waals surface area (Å²) in [6.45, 7) is 0.385. The van der Waals surface area contributed by atoms with Crippen molar-refractivity contribution in [3.63, 3.8) is 0 Å². The summed E-state index contributed by atoms with van der Waals surface area (Å²) in [5.74, 6) is -0.186. The van der Waals surface area contributed by atoms with E-state index in [4.69, 9.17) is 23.2 Å². The number of nitrogens with one attached hydrogen (secondary N) is 1. The van der Waals surface area contributed by atoms with Crippen molar-refractivity contribution in [2.24, 2.45) is 0 Å². The van der Waals surface area contributed by atoms with Crippen LogP contribution in [0.2, 0.25) is 10.0 Å². The lowest BCUT2D eigenvalue weighted by Crippen LogP contribution is -2.20. The normalized spacial score (nSPS) is 11.1. The van der Waals surface area contributed by atoms with E-state index < -0.39 is 0 Å². The molecular formula is C19H14Cl2N2O. The Hall–Kier alpha value is -2.36. The summed E-state index contributed by atoms with van der Waals surface area (Å²) >= 11 is 11.8. The Morgan fingerprint density at radius 1 is 1.08 bits per heavy atom. The van der Waals surface area contributed by atoms with E-state index in [1.54, 1.807) is 24.4 Å². The summed E-state index contributed by atoms with van der Waals surface area (Å²) in [5, 5.41) is 4.81. The van der Waals surface area contributed by atoms with E-state index in [1.807, 2.05) is 36.4 Å². The molecule has 3 rings (SSSR count). The number of amides is 1. The van der Waals surface area contributed by atoms with Crippen LogP contribution >= 0.6 is 23.2 Å². The molecule has 0 spiro atoms. The highest BCUT2D eigenvalue weighted by Gasteiger charge is 2.01. The zero-order chi connectivity index (χ0) is 16.9. The van der Waals surface area contributed by atoms with Gasteiger partial charge in [-0.1, -0.05) is 47.5 Å². The Morgan fingerprint density at radius 3 is 2.75 bits per heavy atom. The smallest absolute Gasteiger partial charge is 0.244 e. The highest BCUT2D eigenvalue weighted by Crippen LogP contribution is 2.22. The fourth-order valence-corrected chi connectivity index (χ4v) is 2.57. The van der Waals surface area contributed by atoms with Gasteiger partial charge in [0.05, 0.1) is 15.6 Å². The summed E-state index contributed by atoms with van der Waals surface area (Å²) < 4.78 is 0. The molecule has 0 atom stereocenters. The fraction of sp³-hybridized carbons (Fsp3) is 0.0526. The molecule has 0 radical (unpaired) electrons. The maximum atomic E-state index is 11.9. The average molecular weight is 357 g/mol. The zero-order valence-electron chi connectivity index (χ0n) is 12.7. The molecule has 1 amide bonds. The van der Waals surface area contributed by atoms with Gasteiger partial charge in [-0.2, -0.15) is 0 Å². The van der Waals surface area contributed by atoms with Crippen molar-refractivity contribution in [2.45, 2.75) is 6.54 Å². The van der Waals surface area contributed by atoms with Crippen molar-refractivity contribution in [3.05, 3.63) is 82.0 Å². The molecule has 0 aliphatic heterocycles. The lowest BCUT2D eigenvalue weighted by Gasteiger charge is -2.04. The first-order valence-electron chi connectivity index (χ1n) is 7.36. The number of pyridine rings is 1. The van der Waals surface area contributed by atoms with Gasteiger partial charge >= 0.3 is 0 Å². The van der Waals surface area contributed by atoms with Gasteiger partial charge in [-0.25, -0.2) is 0 Å². The largest absolute Gasteiger partial charge is 0.348 e. The van der Waals surface area contributed by atoms with E-state index in [9.17, 15) is 4.79 Å². The number of fused-ring (bicyclic) bond motifs is 1. The second-order valence-corrected chi connectivity index (χ2v) is 6.08. The van der Waals surface area contributed by atoms with Crippen LogP contribution < -0.4 is 5.32 Å². The molecule has 0 aliphatic rings. The predicted octanol–water partition coefficient (Wildman–Crippen LogP) is 4.87. The van der Waals surface area contributed by atoms with Crippen LogP contribution in [-0.4, -0.2) is 10.9 Å². The van der Waals surface area contributed by atoms with Crippen LogP contribution in [0.1, 0.15) is 11.1 Å². The number of hydrogen-bond donors (Lipinski definition) is 1. The number of carbonyl (C=O) groups is 1. The van der Waals surface area contributed by atoms with Crippen LogP contribution in [0.4, 0.5) is 0 Å². The third-order valence-electron chi connectivity index (χ3n) is 3.49. The number of aromatic nitrogens is 1. The third kappa shape index (κ3) is 4.13. The maximum absolute atomic E-state index is 11.9. The molecule has 1 heterocycles. The van der Waals surface area contributed by atoms with Gasteiger partial charge < -0.3 is 5.32 Å². The molecule has 5 heteroatoms. The number of nitrogens with zero attached hydrogens (tertiary/aromatic N) is 1. The zero-order valence-corrected chi connectivity index (χ0v) is 14.2. The summed E-state index contributed by atoms with van der Waals surface area (Å²) in [6, 6.07) is 15.1. The maximum Gasteiger partial charge on any atom is 0.244 e. The number of para-hydroxylation sites is 1. The number of hydrogen-bond acceptors (Lipinski definition) is 2. The molecule has 0 fully saturated rings. The van der Waals surface area contributed by atoms with Gasteiger partial charge in [0.2, 0.25) is 5.91 Å². The molecule has 3 aromatic rings. The Morgan fingerprint density at radius 2 is 1.92 bits per heavy atom. The van der Waals surface area contributed by atoms with Crippen molar-refractivity contribution in [3.8, 4) is 0 Å². The molecular weight excluding hydrogens is 343 g/mol. The van der Waals surface area contributed by atoms with Crippen molar-refractivity contribution in [1.29, 1.82) is 0 Å². The molecule has 1 N–H and O–H groups in total. The summed E-state index contributed by atoms with van der Waals surface area (Å²) in [6.07, 6.45) is 4.97. The highest BCUT2D eigenvalue weighted by atomic mass is 35.5. The molecule has 0 unspecified atom stereocenters. The third-order valence-corrected chi connectivity index (χ3v) is 4.23. The summed E-state index contributed by atoms with van der Waals surface area (Å²) in [4.78, 5) is 16.3. The van der Waals surface area contributed by atoms with Crippen molar-refractivity contribution in [2.75, 3.05) is 0 Å². The first-order valence-corrected chi connectivity index (χ1v) is 8.12. The van der Waals surface area contributed by atoms with Gasteiger partial charge in [0.15, 0.2) is 0 Å². The molecule has 0 aliphatic carbocycles. The minimum Gasteiger partial charge on any atom is -0.348 e. The van der Waals surface area contributed by atoms with E-state index in [2.05, 4.69) is 10.3 Å². The van der Waals surface area contributed by atoms with Crippen molar-refractivity contribution in [1.82, 2.24) is 10.3 Å². The topological polar surface area (TPSA) is 42.0 Å². The SMILES string of the molecule is O=C(/C=C/c1cnc2ccccc2c1)NCc1ccc(Cl)c(Cl)c1. The number of rotatable bonds is 4. The van der Waals surface area contributed by atoms with Crippen LogP contribution in [0.15, 0.2) is 60.8 Å². The Balaban J connectivity index is 1.62.